The normalized spacial score (nSPS) is 19.2. The van der Waals surface area contributed by atoms with Crippen LogP contribution in [0.15, 0.2) is 23.7 Å². The second kappa shape index (κ2) is 9.74. The first-order valence-electron chi connectivity index (χ1n) is 11.0. The first-order valence-corrected chi connectivity index (χ1v) is 11.9. The first-order chi connectivity index (χ1) is 15.3. The van der Waals surface area contributed by atoms with Gasteiger partial charge in [0.25, 0.3) is 0 Å². The van der Waals surface area contributed by atoms with E-state index in [1.54, 1.807) is 11.3 Å². The van der Waals surface area contributed by atoms with Crippen molar-refractivity contribution in [2.45, 2.75) is 38.9 Å². The molecule has 6 nitrogen and oxygen atoms in total. The molecule has 0 aliphatic carbocycles. The molecule has 0 saturated carbocycles. The van der Waals surface area contributed by atoms with Gasteiger partial charge in [0.15, 0.2) is 0 Å². The third-order valence-corrected chi connectivity index (χ3v) is 7.02. The van der Waals surface area contributed by atoms with Crippen LogP contribution in [0.2, 0.25) is 0 Å². The van der Waals surface area contributed by atoms with Gasteiger partial charge in [0.2, 0.25) is 5.91 Å². The minimum absolute atomic E-state index is 0.0409. The summed E-state index contributed by atoms with van der Waals surface area (Å²) in [6.45, 7) is 7.12. The summed E-state index contributed by atoms with van der Waals surface area (Å²) in [7, 11) is 0. The standard InChI is InChI=1S/C22H28F3N5OS/c1-16-27-19(15-32-16)14-28-9-5-17(6-10-28)21(31)30-8-2-7-29(11-12-30)20-4-3-18(13-26-20)22(23,24)25/h3-4,13,15,17H,2,5-12,14H2,1H3. The van der Waals surface area contributed by atoms with Crippen LogP contribution in [0.4, 0.5) is 19.0 Å². The molecule has 4 rings (SSSR count). The number of hydrogen-bond acceptors (Lipinski definition) is 6. The summed E-state index contributed by atoms with van der Waals surface area (Å²) in [6, 6.07) is 2.48. The van der Waals surface area contributed by atoms with Crippen molar-refractivity contribution in [3.63, 3.8) is 0 Å². The van der Waals surface area contributed by atoms with Gasteiger partial charge >= 0.3 is 6.18 Å². The molecule has 2 saturated heterocycles. The first kappa shape index (κ1) is 23.0. The second-order valence-corrected chi connectivity index (χ2v) is 9.54. The number of amides is 1. The average Bonchev–Trinajstić information content (AvgIpc) is 3.03. The Hall–Kier alpha value is -2.20. The fraction of sp³-hybridized carbons (Fsp3) is 0.591. The smallest absolute Gasteiger partial charge is 0.355 e. The molecule has 4 heterocycles. The van der Waals surface area contributed by atoms with Gasteiger partial charge in [-0.1, -0.05) is 0 Å². The van der Waals surface area contributed by atoms with E-state index in [9.17, 15) is 18.0 Å². The van der Waals surface area contributed by atoms with Gasteiger partial charge in [-0.05, 0) is 51.4 Å². The molecular weight excluding hydrogens is 439 g/mol. The third kappa shape index (κ3) is 5.58. The Bertz CT molecular complexity index is 909. The largest absolute Gasteiger partial charge is 0.417 e. The summed E-state index contributed by atoms with van der Waals surface area (Å²) in [6.07, 6.45) is -1.03. The molecule has 0 unspecified atom stereocenters. The van der Waals surface area contributed by atoms with Crippen LogP contribution in [0, 0.1) is 12.8 Å². The maximum Gasteiger partial charge on any atom is 0.417 e. The van der Waals surface area contributed by atoms with Gasteiger partial charge in [-0.25, -0.2) is 9.97 Å². The topological polar surface area (TPSA) is 52.6 Å². The SMILES string of the molecule is Cc1nc(CN2CCC(C(=O)N3CCCN(c4ccc(C(F)(F)F)cn4)CC3)CC2)cs1. The molecule has 0 bridgehead atoms. The molecule has 0 N–H and O–H groups in total. The van der Waals surface area contributed by atoms with Gasteiger partial charge < -0.3 is 9.80 Å². The highest BCUT2D eigenvalue weighted by molar-refractivity contribution is 7.09. The number of pyridine rings is 1. The van der Waals surface area contributed by atoms with Crippen LogP contribution in [0.5, 0.6) is 0 Å². The van der Waals surface area contributed by atoms with Crippen molar-refractivity contribution < 1.29 is 18.0 Å². The van der Waals surface area contributed by atoms with Gasteiger partial charge in [-0.3, -0.25) is 9.69 Å². The molecule has 174 valence electrons. The number of aromatic nitrogens is 2. The predicted molar refractivity (Wildman–Crippen MR) is 118 cm³/mol. The van der Waals surface area contributed by atoms with E-state index in [2.05, 4.69) is 20.2 Å². The number of aryl methyl sites for hydroxylation is 1. The summed E-state index contributed by atoms with van der Waals surface area (Å²) in [5.41, 5.74) is 0.353. The van der Waals surface area contributed by atoms with Crippen molar-refractivity contribution in [1.82, 2.24) is 19.8 Å². The number of anilines is 1. The molecule has 0 atom stereocenters. The average molecular weight is 468 g/mol. The van der Waals surface area contributed by atoms with E-state index in [0.29, 0.717) is 32.0 Å². The van der Waals surface area contributed by atoms with Crippen molar-refractivity contribution in [3.8, 4) is 0 Å². The lowest BCUT2D eigenvalue weighted by Gasteiger charge is -2.33. The highest BCUT2D eigenvalue weighted by atomic mass is 32.1. The Labute approximate surface area is 190 Å². The van der Waals surface area contributed by atoms with E-state index in [-0.39, 0.29) is 11.8 Å². The fourth-order valence-corrected chi connectivity index (χ4v) is 5.02. The van der Waals surface area contributed by atoms with E-state index in [1.165, 1.54) is 6.07 Å². The number of alkyl halides is 3. The van der Waals surface area contributed by atoms with Crippen LogP contribution >= 0.6 is 11.3 Å². The zero-order chi connectivity index (χ0) is 22.7. The van der Waals surface area contributed by atoms with Crippen molar-refractivity contribution in [3.05, 3.63) is 40.0 Å². The summed E-state index contributed by atoms with van der Waals surface area (Å²) in [5, 5.41) is 3.17. The monoisotopic (exact) mass is 467 g/mol. The molecule has 2 aliphatic heterocycles. The maximum absolute atomic E-state index is 13.1. The highest BCUT2D eigenvalue weighted by Crippen LogP contribution is 2.29. The molecule has 2 aliphatic rings. The molecule has 0 radical (unpaired) electrons. The Balaban J connectivity index is 1.27. The molecular formula is C22H28F3N5OS. The minimum atomic E-state index is -4.39. The summed E-state index contributed by atoms with van der Waals surface area (Å²) in [4.78, 5) is 27.9. The third-order valence-electron chi connectivity index (χ3n) is 6.20. The summed E-state index contributed by atoms with van der Waals surface area (Å²) in [5.74, 6) is 0.772. The Morgan fingerprint density at radius 2 is 1.91 bits per heavy atom. The lowest BCUT2D eigenvalue weighted by Crippen LogP contribution is -2.43. The number of hydrogen-bond donors (Lipinski definition) is 0. The molecule has 2 fully saturated rings. The van der Waals surface area contributed by atoms with Gasteiger partial charge in [0, 0.05) is 50.2 Å². The number of carbonyl (C=O) groups excluding carboxylic acids is 1. The van der Waals surface area contributed by atoms with Crippen LogP contribution in [0.3, 0.4) is 0 Å². The Kier molecular flexibility index (Phi) is 6.99. The number of halogens is 3. The number of rotatable bonds is 4. The van der Waals surface area contributed by atoms with E-state index in [1.807, 2.05) is 16.7 Å². The van der Waals surface area contributed by atoms with Gasteiger partial charge in [0.05, 0.1) is 16.3 Å². The van der Waals surface area contributed by atoms with Gasteiger partial charge in [-0.2, -0.15) is 13.2 Å². The second-order valence-electron chi connectivity index (χ2n) is 8.48. The number of nitrogens with zero attached hydrogens (tertiary/aromatic N) is 5. The lowest BCUT2D eigenvalue weighted by atomic mass is 9.95. The summed E-state index contributed by atoms with van der Waals surface area (Å²) >= 11 is 1.66. The van der Waals surface area contributed by atoms with E-state index >= 15 is 0 Å². The summed E-state index contributed by atoms with van der Waals surface area (Å²) < 4.78 is 38.3. The molecule has 1 amide bonds. The van der Waals surface area contributed by atoms with Gasteiger partial charge in [-0.15, -0.1) is 11.3 Å². The zero-order valence-electron chi connectivity index (χ0n) is 18.1. The quantitative estimate of drug-likeness (QED) is 0.685. The predicted octanol–water partition coefficient (Wildman–Crippen LogP) is 3.82. The molecule has 0 spiro atoms. The molecule has 2 aromatic heterocycles. The van der Waals surface area contributed by atoms with Crippen molar-refractivity contribution in [2.75, 3.05) is 44.2 Å². The number of piperidine rings is 1. The van der Waals surface area contributed by atoms with Gasteiger partial charge in [0.1, 0.15) is 5.82 Å². The number of likely N-dealkylation sites (tertiary alicyclic amines) is 1. The van der Waals surface area contributed by atoms with E-state index in [0.717, 1.165) is 61.9 Å². The maximum atomic E-state index is 13.1. The van der Waals surface area contributed by atoms with Crippen molar-refractivity contribution in [1.29, 1.82) is 0 Å². The number of carbonyl (C=O) groups is 1. The molecule has 32 heavy (non-hydrogen) atoms. The van der Waals surface area contributed by atoms with E-state index in [4.69, 9.17) is 0 Å². The Morgan fingerprint density at radius 1 is 1.12 bits per heavy atom. The lowest BCUT2D eigenvalue weighted by molar-refractivity contribution is -0.138. The molecule has 0 aromatic carbocycles. The van der Waals surface area contributed by atoms with Crippen LogP contribution in [-0.2, 0) is 17.5 Å². The van der Waals surface area contributed by atoms with Crippen LogP contribution in [-0.4, -0.2) is 64.9 Å². The van der Waals surface area contributed by atoms with Crippen molar-refractivity contribution in [2.24, 2.45) is 5.92 Å². The van der Waals surface area contributed by atoms with Crippen LogP contribution < -0.4 is 4.90 Å². The fourth-order valence-electron chi connectivity index (χ4n) is 4.41. The minimum Gasteiger partial charge on any atom is -0.355 e. The van der Waals surface area contributed by atoms with Crippen molar-refractivity contribution >= 4 is 23.1 Å². The molecule has 10 heteroatoms. The van der Waals surface area contributed by atoms with Crippen LogP contribution in [0.25, 0.3) is 0 Å². The highest BCUT2D eigenvalue weighted by Gasteiger charge is 2.32. The number of thiazole rings is 1. The molecule has 2 aromatic rings. The Morgan fingerprint density at radius 3 is 2.53 bits per heavy atom. The zero-order valence-corrected chi connectivity index (χ0v) is 19.0. The van der Waals surface area contributed by atoms with E-state index < -0.39 is 11.7 Å². The van der Waals surface area contributed by atoms with Crippen LogP contribution in [0.1, 0.15) is 35.5 Å².